The van der Waals surface area contributed by atoms with Gasteiger partial charge >= 0.3 is 16.2 Å². The van der Waals surface area contributed by atoms with Gasteiger partial charge in [0, 0.05) is 18.0 Å². The van der Waals surface area contributed by atoms with Crippen molar-refractivity contribution in [3.8, 4) is 0 Å². The number of nitrogens with zero attached hydrogens (tertiary/aromatic N) is 1. The summed E-state index contributed by atoms with van der Waals surface area (Å²) in [5.74, 6) is -2.05. The SMILES string of the molecule is O=C(O)C(c1ccc(Cl)cc1)N1CC(S(=O)(=O)F)CC1=O. The van der Waals surface area contributed by atoms with Gasteiger partial charge in [0.05, 0.1) is 0 Å². The minimum atomic E-state index is -4.89. The zero-order chi connectivity index (χ0) is 15.8. The third-order valence-corrected chi connectivity index (χ3v) is 4.62. The molecule has 1 fully saturated rings. The first kappa shape index (κ1) is 15.7. The summed E-state index contributed by atoms with van der Waals surface area (Å²) in [4.78, 5) is 24.1. The number of hydrogen-bond donors (Lipinski definition) is 1. The molecular formula is C12H11ClFNO5S. The van der Waals surface area contributed by atoms with Crippen LogP contribution in [0, 0.1) is 0 Å². The standard InChI is InChI=1S/C12H11ClFNO5S/c13-8-3-1-7(2-4-8)11(12(17)18)15-6-9(5-10(15)16)21(14,19)20/h1-4,9,11H,5-6H2,(H,17,18). The summed E-state index contributed by atoms with van der Waals surface area (Å²) in [5.41, 5.74) is 0.261. The topological polar surface area (TPSA) is 91.8 Å². The Bertz CT molecular complexity index is 675. The number of hydrogen-bond acceptors (Lipinski definition) is 4. The van der Waals surface area contributed by atoms with Crippen molar-refractivity contribution in [1.29, 1.82) is 0 Å². The molecule has 0 aliphatic carbocycles. The smallest absolute Gasteiger partial charge is 0.331 e. The molecule has 114 valence electrons. The quantitative estimate of drug-likeness (QED) is 0.839. The van der Waals surface area contributed by atoms with Crippen LogP contribution in [0.3, 0.4) is 0 Å². The molecule has 0 saturated carbocycles. The van der Waals surface area contributed by atoms with Crippen molar-refractivity contribution in [1.82, 2.24) is 4.90 Å². The molecule has 1 heterocycles. The van der Waals surface area contributed by atoms with E-state index in [4.69, 9.17) is 11.6 Å². The van der Waals surface area contributed by atoms with Crippen LogP contribution in [0.4, 0.5) is 3.89 Å². The lowest BCUT2D eigenvalue weighted by Crippen LogP contribution is -2.36. The summed E-state index contributed by atoms with van der Waals surface area (Å²) >= 11 is 5.71. The zero-order valence-corrected chi connectivity index (χ0v) is 12.1. The van der Waals surface area contributed by atoms with Gasteiger partial charge in [0.15, 0.2) is 6.04 Å². The van der Waals surface area contributed by atoms with E-state index in [2.05, 4.69) is 0 Å². The number of likely N-dealkylation sites (tertiary alicyclic amines) is 1. The number of carbonyl (C=O) groups is 2. The highest BCUT2D eigenvalue weighted by Gasteiger charge is 2.43. The largest absolute Gasteiger partial charge is 0.479 e. The Balaban J connectivity index is 2.34. The molecule has 1 aliphatic rings. The molecule has 1 aliphatic heterocycles. The Morgan fingerprint density at radius 3 is 2.38 bits per heavy atom. The lowest BCUT2D eigenvalue weighted by atomic mass is 10.1. The second-order valence-electron chi connectivity index (χ2n) is 4.64. The van der Waals surface area contributed by atoms with Crippen molar-refractivity contribution in [2.75, 3.05) is 6.54 Å². The van der Waals surface area contributed by atoms with Gasteiger partial charge in [-0.2, -0.15) is 8.42 Å². The lowest BCUT2D eigenvalue weighted by molar-refractivity contribution is -0.148. The molecule has 2 rings (SSSR count). The van der Waals surface area contributed by atoms with E-state index in [1.807, 2.05) is 0 Å². The van der Waals surface area contributed by atoms with E-state index < -0.39 is 46.4 Å². The molecule has 0 radical (unpaired) electrons. The molecule has 1 amide bonds. The van der Waals surface area contributed by atoms with E-state index in [0.717, 1.165) is 4.90 Å². The summed E-state index contributed by atoms with van der Waals surface area (Å²) in [7, 11) is -4.89. The van der Waals surface area contributed by atoms with Gasteiger partial charge < -0.3 is 10.0 Å². The van der Waals surface area contributed by atoms with Crippen molar-refractivity contribution in [3.63, 3.8) is 0 Å². The molecule has 1 N–H and O–H groups in total. The highest BCUT2D eigenvalue weighted by atomic mass is 35.5. The number of aliphatic carboxylic acids is 1. The molecule has 21 heavy (non-hydrogen) atoms. The summed E-state index contributed by atoms with van der Waals surface area (Å²) in [6.45, 7) is -0.489. The first-order valence-electron chi connectivity index (χ1n) is 5.91. The average Bonchev–Trinajstić information content (AvgIpc) is 2.74. The third kappa shape index (κ3) is 3.33. The number of carbonyl (C=O) groups excluding carboxylic acids is 1. The minimum Gasteiger partial charge on any atom is -0.479 e. The van der Waals surface area contributed by atoms with Crippen LogP contribution >= 0.6 is 11.6 Å². The van der Waals surface area contributed by atoms with Crippen molar-refractivity contribution >= 4 is 33.7 Å². The van der Waals surface area contributed by atoms with Crippen LogP contribution in [-0.2, 0) is 19.8 Å². The van der Waals surface area contributed by atoms with Gasteiger partial charge in [-0.25, -0.2) is 4.79 Å². The molecule has 1 aromatic rings. The Morgan fingerprint density at radius 2 is 1.95 bits per heavy atom. The fraction of sp³-hybridized carbons (Fsp3) is 0.333. The second kappa shape index (κ2) is 5.61. The van der Waals surface area contributed by atoms with Gasteiger partial charge in [0.2, 0.25) is 5.91 Å². The molecule has 1 aromatic carbocycles. The van der Waals surface area contributed by atoms with Gasteiger partial charge in [0.1, 0.15) is 5.25 Å². The van der Waals surface area contributed by atoms with E-state index in [1.165, 1.54) is 24.3 Å². The van der Waals surface area contributed by atoms with Crippen LogP contribution in [0.2, 0.25) is 5.02 Å². The number of carboxylic acid groups (broad SMARTS) is 1. The fourth-order valence-electron chi connectivity index (χ4n) is 2.24. The number of carboxylic acids is 1. The van der Waals surface area contributed by atoms with Crippen molar-refractivity contribution < 1.29 is 27.0 Å². The molecular weight excluding hydrogens is 325 g/mol. The Hall–Kier alpha value is -1.67. The van der Waals surface area contributed by atoms with Crippen LogP contribution < -0.4 is 0 Å². The first-order chi connectivity index (χ1) is 9.70. The van der Waals surface area contributed by atoms with Crippen LogP contribution in [0.25, 0.3) is 0 Å². The van der Waals surface area contributed by atoms with E-state index in [1.54, 1.807) is 0 Å². The molecule has 2 unspecified atom stereocenters. The Morgan fingerprint density at radius 1 is 1.38 bits per heavy atom. The van der Waals surface area contributed by atoms with Gasteiger partial charge in [-0.3, -0.25) is 4.79 Å². The predicted molar refractivity (Wildman–Crippen MR) is 72.0 cm³/mol. The van der Waals surface area contributed by atoms with Gasteiger partial charge in [0.25, 0.3) is 0 Å². The summed E-state index contributed by atoms with van der Waals surface area (Å²) in [6.07, 6.45) is -0.559. The Labute approximate surface area is 125 Å². The first-order valence-corrected chi connectivity index (χ1v) is 7.74. The van der Waals surface area contributed by atoms with Crippen molar-refractivity contribution in [2.45, 2.75) is 17.7 Å². The number of halogens is 2. The van der Waals surface area contributed by atoms with Crippen LogP contribution in [0.15, 0.2) is 24.3 Å². The maximum absolute atomic E-state index is 13.0. The lowest BCUT2D eigenvalue weighted by Gasteiger charge is -2.24. The molecule has 6 nitrogen and oxygen atoms in total. The summed E-state index contributed by atoms with van der Waals surface area (Å²) in [6, 6.07) is 4.38. The second-order valence-corrected chi connectivity index (χ2v) is 6.69. The zero-order valence-electron chi connectivity index (χ0n) is 10.6. The maximum Gasteiger partial charge on any atom is 0.331 e. The fourth-order valence-corrected chi connectivity index (χ4v) is 3.04. The highest BCUT2D eigenvalue weighted by Crippen LogP contribution is 2.30. The molecule has 0 aromatic heterocycles. The summed E-state index contributed by atoms with van der Waals surface area (Å²) < 4.78 is 34.8. The van der Waals surface area contributed by atoms with Gasteiger partial charge in [-0.05, 0) is 17.7 Å². The maximum atomic E-state index is 13.0. The van der Waals surface area contributed by atoms with Crippen molar-refractivity contribution in [2.24, 2.45) is 0 Å². The normalized spacial score (nSPS) is 20.6. The monoisotopic (exact) mass is 335 g/mol. The van der Waals surface area contributed by atoms with E-state index in [9.17, 15) is 27.0 Å². The predicted octanol–water partition coefficient (Wildman–Crippen LogP) is 1.37. The molecule has 9 heteroatoms. The van der Waals surface area contributed by atoms with Gasteiger partial charge in [-0.1, -0.05) is 23.7 Å². The summed E-state index contributed by atoms with van der Waals surface area (Å²) in [5, 5.41) is 8.15. The minimum absolute atomic E-state index is 0.261. The van der Waals surface area contributed by atoms with E-state index >= 15 is 0 Å². The van der Waals surface area contributed by atoms with Crippen LogP contribution in [0.5, 0.6) is 0 Å². The average molecular weight is 336 g/mol. The van der Waals surface area contributed by atoms with Crippen LogP contribution in [0.1, 0.15) is 18.0 Å². The molecule has 0 spiro atoms. The Kier molecular flexibility index (Phi) is 4.20. The molecule has 0 bridgehead atoms. The number of rotatable bonds is 4. The number of benzene rings is 1. The van der Waals surface area contributed by atoms with Crippen LogP contribution in [-0.4, -0.2) is 42.1 Å². The van der Waals surface area contributed by atoms with E-state index in [0.29, 0.717) is 5.02 Å². The highest BCUT2D eigenvalue weighted by molar-refractivity contribution is 7.87. The molecule has 1 saturated heterocycles. The van der Waals surface area contributed by atoms with Crippen molar-refractivity contribution in [3.05, 3.63) is 34.9 Å². The van der Waals surface area contributed by atoms with Gasteiger partial charge in [-0.15, -0.1) is 3.89 Å². The third-order valence-electron chi connectivity index (χ3n) is 3.25. The van der Waals surface area contributed by atoms with E-state index in [-0.39, 0.29) is 5.56 Å². The molecule has 2 atom stereocenters. The number of amides is 1.